The van der Waals surface area contributed by atoms with Crippen molar-refractivity contribution in [2.75, 3.05) is 10.7 Å². The van der Waals surface area contributed by atoms with E-state index in [-0.39, 0.29) is 5.03 Å². The van der Waals surface area contributed by atoms with Crippen LogP contribution in [-0.2, 0) is 16.6 Å². The summed E-state index contributed by atoms with van der Waals surface area (Å²) in [4.78, 5) is 4.12. The molecule has 0 spiro atoms. The predicted octanol–water partition coefficient (Wildman–Crippen LogP) is 2.43. The fraction of sp³-hybridized carbons (Fsp3) is 0.727. The second-order valence-corrected chi connectivity index (χ2v) is 7.17. The molecule has 1 heterocycles. The fourth-order valence-corrected chi connectivity index (χ4v) is 5.47. The van der Waals surface area contributed by atoms with E-state index in [0.29, 0.717) is 29.5 Å². The highest BCUT2D eigenvalue weighted by Gasteiger charge is 2.33. The van der Waals surface area contributed by atoms with E-state index in [1.54, 1.807) is 13.1 Å². The lowest BCUT2D eigenvalue weighted by Crippen LogP contribution is -2.51. The molecule has 19 heavy (non-hydrogen) atoms. The van der Waals surface area contributed by atoms with Crippen LogP contribution in [0.2, 0.25) is 0 Å². The number of aromatic nitrogens is 2. The average molecular weight is 417 g/mol. The van der Waals surface area contributed by atoms with Crippen molar-refractivity contribution in [1.29, 1.82) is 0 Å². The number of nitrogens with zero attached hydrogens (tertiary/aromatic N) is 2. The average Bonchev–Trinajstić information content (AvgIpc) is 2.78. The van der Waals surface area contributed by atoms with Gasteiger partial charge in [0.2, 0.25) is 0 Å². The minimum atomic E-state index is -3.61. The Morgan fingerprint density at radius 2 is 1.95 bits per heavy atom. The van der Waals surface area contributed by atoms with E-state index >= 15 is 0 Å². The maximum Gasteiger partial charge on any atom is 0.260 e. The number of imidazole rings is 1. The van der Waals surface area contributed by atoms with E-state index in [2.05, 4.69) is 41.6 Å². The van der Waals surface area contributed by atoms with E-state index < -0.39 is 15.6 Å². The second-order valence-electron chi connectivity index (χ2n) is 4.42. The van der Waals surface area contributed by atoms with Crippen LogP contribution in [-0.4, -0.2) is 34.2 Å². The van der Waals surface area contributed by atoms with Gasteiger partial charge in [-0.1, -0.05) is 38.8 Å². The van der Waals surface area contributed by atoms with Crippen LogP contribution in [0, 0.1) is 6.92 Å². The lowest BCUT2D eigenvalue weighted by atomic mass is 10.0. The van der Waals surface area contributed by atoms with E-state index in [0.717, 1.165) is 0 Å². The van der Waals surface area contributed by atoms with Crippen molar-refractivity contribution in [3.63, 3.8) is 0 Å². The zero-order chi connectivity index (χ0) is 14.7. The number of nitrogens with one attached hydrogen (secondary N) is 1. The molecule has 1 rings (SSSR count). The van der Waals surface area contributed by atoms with Crippen LogP contribution < -0.4 is 4.72 Å². The van der Waals surface area contributed by atoms with E-state index in [1.165, 1.54) is 0 Å². The maximum absolute atomic E-state index is 12.4. The van der Waals surface area contributed by atoms with Crippen LogP contribution in [0.3, 0.4) is 0 Å². The van der Waals surface area contributed by atoms with Gasteiger partial charge in [-0.15, -0.1) is 0 Å². The highest BCUT2D eigenvalue weighted by atomic mass is 79.9. The maximum atomic E-state index is 12.4. The molecule has 0 amide bonds. The lowest BCUT2D eigenvalue weighted by Gasteiger charge is -2.28. The Morgan fingerprint density at radius 1 is 1.37 bits per heavy atom. The molecule has 1 aromatic heterocycles. The molecule has 110 valence electrons. The third-order valence-corrected chi connectivity index (χ3v) is 6.71. The van der Waals surface area contributed by atoms with Crippen LogP contribution in [0.4, 0.5) is 0 Å². The normalized spacial score (nSPS) is 12.9. The van der Waals surface area contributed by atoms with Gasteiger partial charge in [-0.2, -0.15) is 0 Å². The summed E-state index contributed by atoms with van der Waals surface area (Å²) in [6.07, 6.45) is 2.25. The van der Waals surface area contributed by atoms with Crippen LogP contribution in [0.25, 0.3) is 0 Å². The first kappa shape index (κ1) is 17.1. The van der Waals surface area contributed by atoms with E-state index in [1.807, 2.05) is 18.4 Å². The van der Waals surface area contributed by atoms with E-state index in [4.69, 9.17) is 0 Å². The molecular weight excluding hydrogens is 398 g/mol. The molecule has 0 aromatic carbocycles. The van der Waals surface area contributed by atoms with Crippen LogP contribution in [0.15, 0.2) is 11.2 Å². The third-order valence-electron chi connectivity index (χ3n) is 3.11. The van der Waals surface area contributed by atoms with Crippen LogP contribution in [0.1, 0.15) is 26.1 Å². The molecule has 8 heteroatoms. The summed E-state index contributed by atoms with van der Waals surface area (Å²) in [6, 6.07) is 0. The second kappa shape index (κ2) is 6.69. The van der Waals surface area contributed by atoms with Gasteiger partial charge in [-0.05, 0) is 20.3 Å². The largest absolute Gasteiger partial charge is 0.334 e. The Hall–Kier alpha value is 0.0800. The number of aryl methyl sites for hydroxylation is 2. The van der Waals surface area contributed by atoms with E-state index in [9.17, 15) is 8.42 Å². The highest BCUT2D eigenvalue weighted by Crippen LogP contribution is 2.20. The van der Waals surface area contributed by atoms with Crippen molar-refractivity contribution in [2.24, 2.45) is 0 Å². The summed E-state index contributed by atoms with van der Waals surface area (Å²) in [6.45, 7) is 6.39. The minimum absolute atomic E-state index is 0.0755. The lowest BCUT2D eigenvalue weighted by molar-refractivity contribution is 0.458. The summed E-state index contributed by atoms with van der Waals surface area (Å²) in [5.41, 5.74) is -0.539. The molecule has 0 atom stereocenters. The van der Waals surface area contributed by atoms with Crippen molar-refractivity contribution in [3.05, 3.63) is 12.0 Å². The van der Waals surface area contributed by atoms with Crippen molar-refractivity contribution in [3.8, 4) is 0 Å². The summed E-state index contributed by atoms with van der Waals surface area (Å²) in [7, 11) is -3.61. The summed E-state index contributed by atoms with van der Waals surface area (Å²) < 4.78 is 29.3. The van der Waals surface area contributed by atoms with Crippen molar-refractivity contribution < 1.29 is 8.42 Å². The number of hydrogen-bond acceptors (Lipinski definition) is 3. The molecule has 0 saturated heterocycles. The molecule has 5 nitrogen and oxygen atoms in total. The number of halogens is 2. The topological polar surface area (TPSA) is 64.0 Å². The van der Waals surface area contributed by atoms with Crippen LogP contribution in [0.5, 0.6) is 0 Å². The smallest absolute Gasteiger partial charge is 0.260 e. The molecule has 0 fully saturated rings. The van der Waals surface area contributed by atoms with Gasteiger partial charge in [-0.25, -0.2) is 18.1 Å². The number of sulfonamides is 1. The minimum Gasteiger partial charge on any atom is -0.334 e. The highest BCUT2D eigenvalue weighted by molar-refractivity contribution is 9.09. The Balaban J connectivity index is 3.10. The molecular formula is C11H19Br2N3O2S. The van der Waals surface area contributed by atoms with Gasteiger partial charge in [0.15, 0.2) is 5.03 Å². The van der Waals surface area contributed by atoms with Gasteiger partial charge >= 0.3 is 0 Å². The first-order valence-corrected chi connectivity index (χ1v) is 9.76. The molecule has 0 aliphatic rings. The van der Waals surface area contributed by atoms with Crippen LogP contribution >= 0.6 is 31.9 Å². The monoisotopic (exact) mass is 415 g/mol. The van der Waals surface area contributed by atoms with Gasteiger partial charge < -0.3 is 4.57 Å². The van der Waals surface area contributed by atoms with Gasteiger partial charge in [-0.3, -0.25) is 0 Å². The molecule has 0 unspecified atom stereocenters. The van der Waals surface area contributed by atoms with Gasteiger partial charge in [0.25, 0.3) is 10.0 Å². The number of rotatable bonds is 7. The summed E-state index contributed by atoms with van der Waals surface area (Å²) >= 11 is 6.74. The third kappa shape index (κ3) is 3.80. The quantitative estimate of drug-likeness (QED) is 0.694. The number of hydrogen-bond donors (Lipinski definition) is 1. The fourth-order valence-electron chi connectivity index (χ4n) is 1.62. The Labute approximate surface area is 131 Å². The van der Waals surface area contributed by atoms with Gasteiger partial charge in [0, 0.05) is 23.4 Å². The Morgan fingerprint density at radius 3 is 2.32 bits per heavy atom. The molecule has 0 bridgehead atoms. The first-order valence-electron chi connectivity index (χ1n) is 6.03. The van der Waals surface area contributed by atoms with Gasteiger partial charge in [0.05, 0.1) is 5.54 Å². The molecule has 1 aromatic rings. The Bertz CT molecular complexity index is 516. The van der Waals surface area contributed by atoms with Gasteiger partial charge in [0.1, 0.15) is 5.82 Å². The zero-order valence-corrected chi connectivity index (χ0v) is 15.3. The molecule has 0 radical (unpaired) electrons. The van der Waals surface area contributed by atoms with Crippen molar-refractivity contribution in [2.45, 2.75) is 44.3 Å². The molecule has 0 aliphatic heterocycles. The molecule has 0 saturated carbocycles. The zero-order valence-electron chi connectivity index (χ0n) is 11.3. The van der Waals surface area contributed by atoms with Crippen molar-refractivity contribution in [1.82, 2.24) is 14.3 Å². The molecule has 0 aliphatic carbocycles. The predicted molar refractivity (Wildman–Crippen MR) is 83.6 cm³/mol. The summed E-state index contributed by atoms with van der Waals surface area (Å²) in [5.74, 6) is 0.697. The SMILES string of the molecule is CCn1cc(S(=O)(=O)NC(CC)(CBr)CBr)nc1C. The van der Waals surface area contributed by atoms with Crippen molar-refractivity contribution >= 4 is 41.9 Å². The standard InChI is InChI=1S/C11H19Br2N3O2S/c1-4-11(7-12,8-13)15-19(17,18)10-6-16(5-2)9(3)14-10/h6,15H,4-5,7-8H2,1-3H3. The molecule has 1 N–H and O–H groups in total. The first-order chi connectivity index (χ1) is 8.84. The Kier molecular flexibility index (Phi) is 6.03. The summed E-state index contributed by atoms with van der Waals surface area (Å²) in [5, 5.41) is 1.15. The number of alkyl halides is 2.